The highest BCUT2D eigenvalue weighted by Crippen LogP contribution is 2.25. The zero-order valence-electron chi connectivity index (χ0n) is 12.3. The van der Waals surface area contributed by atoms with Gasteiger partial charge in [0.15, 0.2) is 0 Å². The minimum atomic E-state index is -0.442. The molecule has 112 valence electrons. The highest BCUT2D eigenvalue weighted by atomic mass is 19.1. The molecule has 0 aliphatic rings. The second-order valence-corrected chi connectivity index (χ2v) is 4.79. The summed E-state index contributed by atoms with van der Waals surface area (Å²) in [7, 11) is 1.61. The Morgan fingerprint density at radius 2 is 2.00 bits per heavy atom. The highest BCUT2D eigenvalue weighted by Gasteiger charge is 2.10. The summed E-state index contributed by atoms with van der Waals surface area (Å²) < 4.78 is 24.3. The smallest absolute Gasteiger partial charge is 0.131 e. The summed E-state index contributed by atoms with van der Waals surface area (Å²) in [5.74, 6) is 0.696. The Hall–Kier alpha value is -2.14. The number of pyridine rings is 1. The molecule has 0 bridgehead atoms. The van der Waals surface area contributed by atoms with Crippen LogP contribution >= 0.6 is 0 Å². The van der Waals surface area contributed by atoms with Gasteiger partial charge in [-0.05, 0) is 31.5 Å². The summed E-state index contributed by atoms with van der Waals surface area (Å²) in [6.07, 6.45) is 1.72. The molecule has 2 aromatic rings. The second-order valence-electron chi connectivity index (χ2n) is 4.79. The van der Waals surface area contributed by atoms with Crippen LogP contribution in [0.5, 0.6) is 11.5 Å². The van der Waals surface area contributed by atoms with Gasteiger partial charge in [0.05, 0.1) is 19.4 Å². The topological polar surface area (TPSA) is 51.6 Å². The van der Waals surface area contributed by atoms with Gasteiger partial charge in [-0.1, -0.05) is 0 Å². The van der Waals surface area contributed by atoms with E-state index in [0.29, 0.717) is 11.3 Å². The molecule has 1 heterocycles. The van der Waals surface area contributed by atoms with Crippen LogP contribution in [0.3, 0.4) is 0 Å². The standard InChI is InChI=1S/C16H18FNO3/c1-10-7-18-15(11(2)16(10)20-3)9-21-14-5-12(8-19)4-13(17)6-14/h4-7,19H,8-9H2,1-3H3. The second kappa shape index (κ2) is 6.54. The van der Waals surface area contributed by atoms with E-state index in [-0.39, 0.29) is 13.2 Å². The van der Waals surface area contributed by atoms with Crippen LogP contribution in [0.15, 0.2) is 24.4 Å². The summed E-state index contributed by atoms with van der Waals surface area (Å²) in [6, 6.07) is 4.15. The van der Waals surface area contributed by atoms with Gasteiger partial charge in [0.1, 0.15) is 23.9 Å². The number of ether oxygens (including phenoxy) is 2. The van der Waals surface area contributed by atoms with Gasteiger partial charge >= 0.3 is 0 Å². The predicted octanol–water partition coefficient (Wildman–Crippen LogP) is 2.92. The third-order valence-corrected chi connectivity index (χ3v) is 3.24. The molecule has 21 heavy (non-hydrogen) atoms. The monoisotopic (exact) mass is 291 g/mol. The number of rotatable bonds is 5. The minimum absolute atomic E-state index is 0.205. The molecule has 0 saturated heterocycles. The number of aliphatic hydroxyl groups is 1. The molecule has 0 spiro atoms. The lowest BCUT2D eigenvalue weighted by atomic mass is 10.1. The van der Waals surface area contributed by atoms with Crippen molar-refractivity contribution in [2.75, 3.05) is 7.11 Å². The van der Waals surface area contributed by atoms with E-state index in [2.05, 4.69) is 4.98 Å². The first-order valence-corrected chi connectivity index (χ1v) is 6.57. The Labute approximate surface area is 123 Å². The molecular weight excluding hydrogens is 273 g/mol. The number of benzene rings is 1. The fraction of sp³-hybridized carbons (Fsp3) is 0.312. The van der Waals surface area contributed by atoms with Crippen LogP contribution in [0.2, 0.25) is 0 Å². The van der Waals surface area contributed by atoms with Crippen molar-refractivity contribution in [2.24, 2.45) is 0 Å². The molecule has 0 aliphatic heterocycles. The normalized spacial score (nSPS) is 10.5. The molecule has 0 aliphatic carbocycles. The van der Waals surface area contributed by atoms with E-state index in [0.717, 1.165) is 22.6 Å². The van der Waals surface area contributed by atoms with Gasteiger partial charge in [-0.2, -0.15) is 0 Å². The summed E-state index contributed by atoms with van der Waals surface area (Å²) in [6.45, 7) is 3.80. The van der Waals surface area contributed by atoms with Crippen LogP contribution < -0.4 is 9.47 Å². The first kappa shape index (κ1) is 15.3. The zero-order chi connectivity index (χ0) is 15.4. The minimum Gasteiger partial charge on any atom is -0.496 e. The molecule has 4 nitrogen and oxygen atoms in total. The van der Waals surface area contributed by atoms with Gasteiger partial charge in [0, 0.05) is 23.4 Å². The summed E-state index contributed by atoms with van der Waals surface area (Å²) >= 11 is 0. The molecular formula is C16H18FNO3. The highest BCUT2D eigenvalue weighted by molar-refractivity contribution is 5.41. The van der Waals surface area contributed by atoms with Crippen molar-refractivity contribution in [3.63, 3.8) is 0 Å². The molecule has 1 N–H and O–H groups in total. The first-order chi connectivity index (χ1) is 10.0. The maximum Gasteiger partial charge on any atom is 0.131 e. The Bertz CT molecular complexity index is 644. The van der Waals surface area contributed by atoms with Crippen LogP contribution in [-0.2, 0) is 13.2 Å². The molecule has 0 saturated carbocycles. The van der Waals surface area contributed by atoms with E-state index in [9.17, 15) is 4.39 Å². The summed E-state index contributed by atoms with van der Waals surface area (Å²) in [5, 5.41) is 9.06. The van der Waals surface area contributed by atoms with Crippen LogP contribution in [0.25, 0.3) is 0 Å². The first-order valence-electron chi connectivity index (χ1n) is 6.57. The number of aliphatic hydroxyl groups excluding tert-OH is 1. The van der Waals surface area contributed by atoms with Gasteiger partial charge in [0.2, 0.25) is 0 Å². The predicted molar refractivity (Wildman–Crippen MR) is 76.9 cm³/mol. The Morgan fingerprint density at radius 3 is 2.67 bits per heavy atom. The molecule has 5 heteroatoms. The van der Waals surface area contributed by atoms with Crippen LogP contribution in [0, 0.1) is 19.7 Å². The lowest BCUT2D eigenvalue weighted by molar-refractivity contribution is 0.275. The van der Waals surface area contributed by atoms with E-state index >= 15 is 0 Å². The van der Waals surface area contributed by atoms with Crippen molar-refractivity contribution >= 4 is 0 Å². The SMILES string of the molecule is COc1c(C)cnc(COc2cc(F)cc(CO)c2)c1C. The third kappa shape index (κ3) is 3.49. The molecule has 2 rings (SSSR count). The number of aromatic nitrogens is 1. The number of nitrogens with zero attached hydrogens (tertiary/aromatic N) is 1. The number of halogens is 1. The van der Waals surface area contributed by atoms with Gasteiger partial charge in [-0.3, -0.25) is 4.98 Å². The molecule has 0 amide bonds. The van der Waals surface area contributed by atoms with Gasteiger partial charge in [-0.15, -0.1) is 0 Å². The van der Waals surface area contributed by atoms with Crippen LogP contribution in [0.1, 0.15) is 22.4 Å². The Morgan fingerprint density at radius 1 is 1.24 bits per heavy atom. The van der Waals surface area contributed by atoms with E-state index in [1.807, 2.05) is 13.8 Å². The number of methoxy groups -OCH3 is 1. The van der Waals surface area contributed by atoms with Gasteiger partial charge in [0.25, 0.3) is 0 Å². The van der Waals surface area contributed by atoms with Gasteiger partial charge < -0.3 is 14.6 Å². The number of aryl methyl sites for hydroxylation is 1. The quantitative estimate of drug-likeness (QED) is 0.920. The number of hydrogen-bond donors (Lipinski definition) is 1. The van der Waals surface area contributed by atoms with Crippen molar-refractivity contribution < 1.29 is 19.0 Å². The average Bonchev–Trinajstić information content (AvgIpc) is 2.46. The van der Waals surface area contributed by atoms with Crippen LogP contribution in [0.4, 0.5) is 4.39 Å². The molecule has 0 atom stereocenters. The maximum absolute atomic E-state index is 13.4. The largest absolute Gasteiger partial charge is 0.496 e. The molecule has 1 aromatic heterocycles. The lowest BCUT2D eigenvalue weighted by Gasteiger charge is -2.13. The van der Waals surface area contributed by atoms with E-state index in [1.54, 1.807) is 19.4 Å². The van der Waals surface area contributed by atoms with Crippen molar-refractivity contribution in [2.45, 2.75) is 27.1 Å². The van der Waals surface area contributed by atoms with Crippen molar-refractivity contribution in [3.8, 4) is 11.5 Å². The molecule has 0 radical (unpaired) electrons. The van der Waals surface area contributed by atoms with Gasteiger partial charge in [-0.25, -0.2) is 4.39 Å². The lowest BCUT2D eigenvalue weighted by Crippen LogP contribution is -2.04. The summed E-state index contributed by atoms with van der Waals surface area (Å²) in [4.78, 5) is 4.32. The zero-order valence-corrected chi connectivity index (χ0v) is 12.3. The van der Waals surface area contributed by atoms with Crippen molar-refractivity contribution in [3.05, 3.63) is 52.6 Å². The van der Waals surface area contributed by atoms with E-state index in [4.69, 9.17) is 14.6 Å². The summed E-state index contributed by atoms with van der Waals surface area (Å²) in [5.41, 5.74) is 3.05. The van der Waals surface area contributed by atoms with Crippen molar-refractivity contribution in [1.82, 2.24) is 4.98 Å². The number of hydrogen-bond acceptors (Lipinski definition) is 4. The van der Waals surface area contributed by atoms with Crippen LogP contribution in [-0.4, -0.2) is 17.2 Å². The fourth-order valence-electron chi connectivity index (χ4n) is 2.16. The molecule has 1 aromatic carbocycles. The molecule has 0 unspecified atom stereocenters. The van der Waals surface area contributed by atoms with Crippen molar-refractivity contribution in [1.29, 1.82) is 0 Å². The van der Waals surface area contributed by atoms with E-state index < -0.39 is 5.82 Å². The molecule has 0 fully saturated rings. The third-order valence-electron chi connectivity index (χ3n) is 3.24. The Kier molecular flexibility index (Phi) is 4.75. The fourth-order valence-corrected chi connectivity index (χ4v) is 2.16. The maximum atomic E-state index is 13.4. The Balaban J connectivity index is 2.19. The van der Waals surface area contributed by atoms with E-state index in [1.165, 1.54) is 12.1 Å². The average molecular weight is 291 g/mol.